The summed E-state index contributed by atoms with van der Waals surface area (Å²) >= 11 is 0. The number of benzene rings is 3. The molecule has 1 aromatic heterocycles. The van der Waals surface area contributed by atoms with Gasteiger partial charge >= 0.3 is 5.97 Å². The summed E-state index contributed by atoms with van der Waals surface area (Å²) in [5.41, 5.74) is 3.14. The second kappa shape index (κ2) is 5.78. The van der Waals surface area contributed by atoms with Crippen molar-refractivity contribution in [3.05, 3.63) is 78.5 Å². The normalized spacial score (nSPS) is 10.9. The number of carbonyl (C=O) groups excluding carboxylic acids is 1. The van der Waals surface area contributed by atoms with Crippen molar-refractivity contribution in [3.8, 4) is 11.1 Å². The zero-order chi connectivity index (χ0) is 16.5. The number of fused-ring (bicyclic) bond motifs is 3. The van der Waals surface area contributed by atoms with Gasteiger partial charge in [-0.3, -0.25) is 0 Å². The fourth-order valence-corrected chi connectivity index (χ4v) is 3.06. The molecule has 1 heterocycles. The van der Waals surface area contributed by atoms with Crippen molar-refractivity contribution >= 4 is 27.6 Å². The van der Waals surface area contributed by atoms with Gasteiger partial charge in [0.1, 0.15) is 5.69 Å². The van der Waals surface area contributed by atoms with Gasteiger partial charge in [-0.25, -0.2) is 9.78 Å². The number of esters is 1. The first-order chi connectivity index (χ1) is 11.8. The van der Waals surface area contributed by atoms with E-state index < -0.39 is 5.97 Å². The van der Waals surface area contributed by atoms with Gasteiger partial charge in [0, 0.05) is 5.39 Å². The number of hydrogen-bond donors (Lipinski definition) is 0. The summed E-state index contributed by atoms with van der Waals surface area (Å²) in [4.78, 5) is 16.5. The molecule has 0 atom stereocenters. The number of rotatable bonds is 2. The van der Waals surface area contributed by atoms with E-state index in [2.05, 4.69) is 17.1 Å². The molecule has 0 amide bonds. The van der Waals surface area contributed by atoms with E-state index in [4.69, 9.17) is 4.74 Å². The summed E-state index contributed by atoms with van der Waals surface area (Å²) < 4.78 is 4.86. The van der Waals surface area contributed by atoms with Crippen LogP contribution in [0.2, 0.25) is 0 Å². The smallest absolute Gasteiger partial charge is 0.356 e. The summed E-state index contributed by atoms with van der Waals surface area (Å²) in [5.74, 6) is -0.428. The quantitative estimate of drug-likeness (QED) is 0.392. The Bertz CT molecular complexity index is 1060. The average Bonchev–Trinajstić information content (AvgIpc) is 2.67. The molecule has 0 aliphatic rings. The molecule has 0 saturated carbocycles. The van der Waals surface area contributed by atoms with Crippen molar-refractivity contribution in [1.29, 1.82) is 0 Å². The minimum Gasteiger partial charge on any atom is -0.464 e. The first-order valence-electron chi connectivity index (χ1n) is 7.74. The zero-order valence-corrected chi connectivity index (χ0v) is 13.2. The Morgan fingerprint density at radius 3 is 2.46 bits per heavy atom. The maximum absolute atomic E-state index is 12.0. The Labute approximate surface area is 139 Å². The van der Waals surface area contributed by atoms with Crippen molar-refractivity contribution in [3.63, 3.8) is 0 Å². The predicted molar refractivity (Wildman–Crippen MR) is 96.0 cm³/mol. The highest BCUT2D eigenvalue weighted by molar-refractivity contribution is 6.14. The molecule has 24 heavy (non-hydrogen) atoms. The SMILES string of the molecule is COC(=O)c1cc(-c2ccccc2)c2c(ccc3ccccc32)n1. The van der Waals surface area contributed by atoms with Crippen molar-refractivity contribution in [2.75, 3.05) is 7.11 Å². The first-order valence-corrected chi connectivity index (χ1v) is 7.74. The fraction of sp³-hybridized carbons (Fsp3) is 0.0476. The molecule has 0 bridgehead atoms. The molecule has 0 spiro atoms. The number of ether oxygens (including phenoxy) is 1. The maximum Gasteiger partial charge on any atom is 0.356 e. The van der Waals surface area contributed by atoms with Crippen molar-refractivity contribution in [2.24, 2.45) is 0 Å². The molecular formula is C21H15NO2. The lowest BCUT2D eigenvalue weighted by Crippen LogP contribution is -2.05. The number of nitrogens with zero attached hydrogens (tertiary/aromatic N) is 1. The summed E-state index contributed by atoms with van der Waals surface area (Å²) in [7, 11) is 1.37. The molecular weight excluding hydrogens is 298 g/mol. The number of carbonyl (C=O) groups is 1. The summed E-state index contributed by atoms with van der Waals surface area (Å²) in [6.45, 7) is 0. The molecule has 3 nitrogen and oxygen atoms in total. The van der Waals surface area contributed by atoms with Gasteiger partial charge in [-0.1, -0.05) is 60.7 Å². The van der Waals surface area contributed by atoms with E-state index >= 15 is 0 Å². The van der Waals surface area contributed by atoms with Crippen LogP contribution >= 0.6 is 0 Å². The van der Waals surface area contributed by atoms with E-state index in [1.54, 1.807) is 0 Å². The van der Waals surface area contributed by atoms with E-state index in [-0.39, 0.29) is 0 Å². The third-order valence-electron chi connectivity index (χ3n) is 4.18. The second-order valence-corrected chi connectivity index (χ2v) is 5.59. The van der Waals surface area contributed by atoms with Crippen molar-refractivity contribution in [1.82, 2.24) is 4.98 Å². The number of aromatic nitrogens is 1. The number of hydrogen-bond acceptors (Lipinski definition) is 3. The van der Waals surface area contributed by atoms with Crippen LogP contribution in [-0.2, 0) is 4.74 Å². The van der Waals surface area contributed by atoms with Crippen molar-refractivity contribution < 1.29 is 9.53 Å². The maximum atomic E-state index is 12.0. The Kier molecular flexibility index (Phi) is 3.47. The van der Waals surface area contributed by atoms with Crippen LogP contribution in [0.25, 0.3) is 32.8 Å². The minimum absolute atomic E-state index is 0.319. The minimum atomic E-state index is -0.428. The second-order valence-electron chi connectivity index (χ2n) is 5.59. The lowest BCUT2D eigenvalue weighted by molar-refractivity contribution is 0.0594. The van der Waals surface area contributed by atoms with Crippen LogP contribution in [0.1, 0.15) is 10.5 Å². The van der Waals surface area contributed by atoms with E-state index in [9.17, 15) is 4.79 Å². The summed E-state index contributed by atoms with van der Waals surface area (Å²) in [6.07, 6.45) is 0. The molecule has 0 aliphatic carbocycles. The third-order valence-corrected chi connectivity index (χ3v) is 4.18. The molecule has 0 saturated heterocycles. The Morgan fingerprint density at radius 1 is 0.917 bits per heavy atom. The van der Waals surface area contributed by atoms with Crippen LogP contribution in [0, 0.1) is 0 Å². The first kappa shape index (κ1) is 14.4. The van der Waals surface area contributed by atoms with E-state index in [0.29, 0.717) is 5.69 Å². The lowest BCUT2D eigenvalue weighted by atomic mass is 9.95. The van der Waals surface area contributed by atoms with Gasteiger partial charge in [-0.05, 0) is 34.0 Å². The van der Waals surface area contributed by atoms with E-state index in [0.717, 1.165) is 32.8 Å². The standard InChI is InChI=1S/C21H15NO2/c1-24-21(23)19-13-17(14-7-3-2-4-8-14)20-16-10-6-5-9-15(16)11-12-18(20)22-19/h2-13H,1H3. The van der Waals surface area contributed by atoms with Gasteiger partial charge in [0.05, 0.1) is 12.6 Å². The molecule has 3 heteroatoms. The number of pyridine rings is 1. The van der Waals surface area contributed by atoms with Crippen LogP contribution in [-0.4, -0.2) is 18.1 Å². The molecule has 116 valence electrons. The van der Waals surface area contributed by atoms with Gasteiger partial charge in [-0.15, -0.1) is 0 Å². The molecule has 0 N–H and O–H groups in total. The van der Waals surface area contributed by atoms with Crippen LogP contribution < -0.4 is 0 Å². The molecule has 4 rings (SSSR count). The Balaban J connectivity index is 2.15. The highest BCUT2D eigenvalue weighted by Gasteiger charge is 2.15. The molecule has 0 aliphatic heterocycles. The molecule has 4 aromatic rings. The van der Waals surface area contributed by atoms with Crippen LogP contribution in [0.3, 0.4) is 0 Å². The topological polar surface area (TPSA) is 39.2 Å². The predicted octanol–water partition coefficient (Wildman–Crippen LogP) is 4.84. The fourth-order valence-electron chi connectivity index (χ4n) is 3.06. The van der Waals surface area contributed by atoms with Crippen molar-refractivity contribution in [2.45, 2.75) is 0 Å². The lowest BCUT2D eigenvalue weighted by Gasteiger charge is -2.12. The zero-order valence-electron chi connectivity index (χ0n) is 13.2. The van der Waals surface area contributed by atoms with Crippen LogP contribution in [0.5, 0.6) is 0 Å². The molecule has 0 fully saturated rings. The van der Waals surface area contributed by atoms with Gasteiger partial charge in [0.15, 0.2) is 0 Å². The molecule has 3 aromatic carbocycles. The van der Waals surface area contributed by atoms with Crippen LogP contribution in [0.4, 0.5) is 0 Å². The van der Waals surface area contributed by atoms with E-state index in [1.807, 2.05) is 60.7 Å². The Hall–Kier alpha value is -3.20. The monoisotopic (exact) mass is 313 g/mol. The number of methoxy groups -OCH3 is 1. The van der Waals surface area contributed by atoms with Gasteiger partial charge in [-0.2, -0.15) is 0 Å². The molecule has 0 radical (unpaired) electrons. The highest BCUT2D eigenvalue weighted by Crippen LogP contribution is 2.34. The Morgan fingerprint density at radius 2 is 1.67 bits per heavy atom. The van der Waals surface area contributed by atoms with E-state index in [1.165, 1.54) is 7.11 Å². The largest absolute Gasteiger partial charge is 0.464 e. The van der Waals surface area contributed by atoms with Gasteiger partial charge in [0.25, 0.3) is 0 Å². The average molecular weight is 313 g/mol. The van der Waals surface area contributed by atoms with Crippen LogP contribution in [0.15, 0.2) is 72.8 Å². The summed E-state index contributed by atoms with van der Waals surface area (Å²) in [5, 5.41) is 3.32. The van der Waals surface area contributed by atoms with Gasteiger partial charge in [0.2, 0.25) is 0 Å². The highest BCUT2D eigenvalue weighted by atomic mass is 16.5. The molecule has 0 unspecified atom stereocenters. The summed E-state index contributed by atoms with van der Waals surface area (Å²) in [6, 6.07) is 24.0. The van der Waals surface area contributed by atoms with Gasteiger partial charge < -0.3 is 4.74 Å². The third kappa shape index (κ3) is 2.31.